The number of nitrogens with zero attached hydrogens (tertiary/aromatic N) is 2. The summed E-state index contributed by atoms with van der Waals surface area (Å²) in [5.74, 6) is 4.58. The minimum atomic E-state index is -0.285. The lowest BCUT2D eigenvalue weighted by atomic mass is 10.4. The molecule has 4 heteroatoms. The highest BCUT2D eigenvalue weighted by Gasteiger charge is 1.85. The third kappa shape index (κ3) is 1.96. The Kier molecular flexibility index (Phi) is 2.04. The maximum Gasteiger partial charge on any atom is 0.264 e. The normalized spacial score (nSPS) is 7.55. The van der Waals surface area contributed by atoms with E-state index in [1.807, 2.05) is 0 Å². The first-order chi connectivity index (χ1) is 5.33. The van der Waals surface area contributed by atoms with Gasteiger partial charge in [-0.1, -0.05) is 0 Å². The van der Waals surface area contributed by atoms with Gasteiger partial charge in [0.1, 0.15) is 5.69 Å². The molecule has 4 nitrogen and oxygen atoms in total. The molecule has 0 spiro atoms. The Morgan fingerprint density at radius 1 is 1.55 bits per heavy atom. The van der Waals surface area contributed by atoms with Crippen molar-refractivity contribution in [2.75, 3.05) is 0 Å². The van der Waals surface area contributed by atoms with Crippen LogP contribution in [0, 0.1) is 23.2 Å². The van der Waals surface area contributed by atoms with Gasteiger partial charge in [-0.3, -0.25) is 4.79 Å². The molecule has 0 fully saturated rings. The van der Waals surface area contributed by atoms with Crippen LogP contribution in [0.3, 0.4) is 0 Å². The monoisotopic (exact) mass is 145 g/mol. The molecule has 1 aromatic rings. The van der Waals surface area contributed by atoms with Gasteiger partial charge >= 0.3 is 0 Å². The van der Waals surface area contributed by atoms with E-state index >= 15 is 0 Å². The van der Waals surface area contributed by atoms with E-state index in [4.69, 9.17) is 5.26 Å². The Hall–Kier alpha value is -2.07. The van der Waals surface area contributed by atoms with Crippen LogP contribution in [0.2, 0.25) is 0 Å². The van der Waals surface area contributed by atoms with E-state index in [0.29, 0.717) is 5.69 Å². The second-order valence-electron chi connectivity index (χ2n) is 1.67. The summed E-state index contributed by atoms with van der Waals surface area (Å²) in [6.45, 7) is 0. The van der Waals surface area contributed by atoms with E-state index in [2.05, 4.69) is 22.0 Å². The molecule has 0 amide bonds. The first kappa shape index (κ1) is 7.04. The van der Waals surface area contributed by atoms with Crippen LogP contribution in [-0.4, -0.2) is 10.2 Å². The topological polar surface area (TPSA) is 69.5 Å². The molecular formula is C7H3N3O. The highest BCUT2D eigenvalue weighted by molar-refractivity contribution is 5.31. The minimum Gasteiger partial charge on any atom is -0.268 e. The second-order valence-corrected chi connectivity index (χ2v) is 1.67. The number of nitrogens with one attached hydrogen (secondary N) is 1. The van der Waals surface area contributed by atoms with Gasteiger partial charge in [-0.25, -0.2) is 5.10 Å². The molecular weight excluding hydrogens is 142 g/mol. The Morgan fingerprint density at radius 3 is 2.91 bits per heavy atom. The van der Waals surface area contributed by atoms with Gasteiger partial charge in [-0.15, -0.1) is 0 Å². The van der Waals surface area contributed by atoms with E-state index in [9.17, 15) is 4.79 Å². The fourth-order valence-electron chi connectivity index (χ4n) is 0.506. The van der Waals surface area contributed by atoms with E-state index in [0.717, 1.165) is 0 Å². The molecule has 1 N–H and O–H groups in total. The standard InChI is InChI=1S/C7H3N3O/c8-5-1-2-6-3-4-7(11)10-9-6/h3-4H,(H,10,11). The fourth-order valence-corrected chi connectivity index (χ4v) is 0.506. The zero-order valence-electron chi connectivity index (χ0n) is 5.46. The van der Waals surface area contributed by atoms with Gasteiger partial charge in [0.05, 0.1) is 0 Å². The number of H-pyrrole nitrogens is 1. The SMILES string of the molecule is N#CC#Cc1ccc(=O)[nH]n1. The molecule has 0 bridgehead atoms. The van der Waals surface area contributed by atoms with Crippen molar-refractivity contribution in [3.8, 4) is 17.9 Å². The Morgan fingerprint density at radius 2 is 2.36 bits per heavy atom. The Labute approximate surface area is 62.5 Å². The van der Waals surface area contributed by atoms with Crippen molar-refractivity contribution < 1.29 is 0 Å². The quantitative estimate of drug-likeness (QED) is 0.507. The molecule has 0 atom stereocenters. The molecule has 0 unspecified atom stereocenters. The van der Waals surface area contributed by atoms with Crippen LogP contribution in [0.1, 0.15) is 5.69 Å². The molecule has 1 heterocycles. The zero-order valence-corrected chi connectivity index (χ0v) is 5.46. The van der Waals surface area contributed by atoms with E-state index in [1.54, 1.807) is 6.07 Å². The molecule has 0 saturated heterocycles. The van der Waals surface area contributed by atoms with Gasteiger partial charge in [0.15, 0.2) is 6.07 Å². The lowest BCUT2D eigenvalue weighted by Gasteiger charge is -1.82. The summed E-state index contributed by atoms with van der Waals surface area (Å²) >= 11 is 0. The van der Waals surface area contributed by atoms with Crippen molar-refractivity contribution in [3.63, 3.8) is 0 Å². The lowest BCUT2D eigenvalue weighted by Crippen LogP contribution is -2.05. The third-order valence-corrected chi connectivity index (χ3v) is 0.926. The van der Waals surface area contributed by atoms with Gasteiger partial charge < -0.3 is 0 Å². The predicted molar refractivity (Wildman–Crippen MR) is 37.3 cm³/mol. The molecule has 11 heavy (non-hydrogen) atoms. The van der Waals surface area contributed by atoms with Crippen LogP contribution in [0.5, 0.6) is 0 Å². The van der Waals surface area contributed by atoms with Crippen LogP contribution in [0.25, 0.3) is 0 Å². The summed E-state index contributed by atoms with van der Waals surface area (Å²) in [5.41, 5.74) is 0.0960. The Balaban J connectivity index is 3.02. The molecule has 52 valence electrons. The van der Waals surface area contributed by atoms with Crippen LogP contribution < -0.4 is 5.56 Å². The van der Waals surface area contributed by atoms with E-state index < -0.39 is 0 Å². The van der Waals surface area contributed by atoms with E-state index in [1.165, 1.54) is 12.1 Å². The van der Waals surface area contributed by atoms with Crippen molar-refractivity contribution in [3.05, 3.63) is 28.2 Å². The van der Waals surface area contributed by atoms with Gasteiger partial charge in [-0.05, 0) is 12.0 Å². The summed E-state index contributed by atoms with van der Waals surface area (Å²) in [7, 11) is 0. The van der Waals surface area contributed by atoms with Crippen molar-refractivity contribution in [2.24, 2.45) is 0 Å². The molecule has 0 aromatic carbocycles. The fraction of sp³-hybridized carbons (Fsp3) is 0. The van der Waals surface area contributed by atoms with Crippen LogP contribution in [0.15, 0.2) is 16.9 Å². The van der Waals surface area contributed by atoms with Crippen LogP contribution >= 0.6 is 0 Å². The maximum atomic E-state index is 10.5. The number of rotatable bonds is 0. The van der Waals surface area contributed by atoms with Gasteiger partial charge in [0.25, 0.3) is 5.56 Å². The molecule has 0 aliphatic carbocycles. The number of hydrogen-bond donors (Lipinski definition) is 1. The number of aromatic nitrogens is 2. The highest BCUT2D eigenvalue weighted by Crippen LogP contribution is 1.81. The largest absolute Gasteiger partial charge is 0.268 e. The summed E-state index contributed by atoms with van der Waals surface area (Å²) < 4.78 is 0. The van der Waals surface area contributed by atoms with Gasteiger partial charge in [-0.2, -0.15) is 10.4 Å². The number of hydrogen-bond acceptors (Lipinski definition) is 3. The lowest BCUT2D eigenvalue weighted by molar-refractivity contribution is 0.974. The van der Waals surface area contributed by atoms with Crippen molar-refractivity contribution >= 4 is 0 Å². The first-order valence-corrected chi connectivity index (χ1v) is 2.79. The maximum absolute atomic E-state index is 10.5. The van der Waals surface area contributed by atoms with Crippen molar-refractivity contribution in [2.45, 2.75) is 0 Å². The molecule has 0 radical (unpaired) electrons. The predicted octanol–water partition coefficient (Wildman–Crippen LogP) is -0.355. The Bertz CT molecular complexity index is 382. The molecule has 0 saturated carbocycles. The smallest absolute Gasteiger partial charge is 0.264 e. The molecule has 1 aromatic heterocycles. The third-order valence-electron chi connectivity index (χ3n) is 0.926. The molecule has 0 aliphatic heterocycles. The van der Waals surface area contributed by atoms with Gasteiger partial charge in [0, 0.05) is 12.0 Å². The highest BCUT2D eigenvalue weighted by atomic mass is 16.1. The summed E-state index contributed by atoms with van der Waals surface area (Å²) in [6, 6.07) is 4.39. The number of aromatic amines is 1. The summed E-state index contributed by atoms with van der Waals surface area (Å²) in [4.78, 5) is 10.5. The zero-order chi connectivity index (χ0) is 8.10. The van der Waals surface area contributed by atoms with Crippen LogP contribution in [0.4, 0.5) is 0 Å². The summed E-state index contributed by atoms with van der Waals surface area (Å²) in [6.07, 6.45) is 0. The summed E-state index contributed by atoms with van der Waals surface area (Å²) in [5, 5.41) is 13.8. The van der Waals surface area contributed by atoms with Gasteiger partial charge in [0.2, 0.25) is 0 Å². The van der Waals surface area contributed by atoms with Crippen molar-refractivity contribution in [1.82, 2.24) is 10.2 Å². The van der Waals surface area contributed by atoms with Crippen LogP contribution in [-0.2, 0) is 0 Å². The minimum absolute atomic E-state index is 0.285. The second kappa shape index (κ2) is 3.19. The molecule has 1 rings (SSSR count). The van der Waals surface area contributed by atoms with Crippen molar-refractivity contribution in [1.29, 1.82) is 5.26 Å². The number of nitriles is 1. The first-order valence-electron chi connectivity index (χ1n) is 2.79. The van der Waals surface area contributed by atoms with E-state index in [-0.39, 0.29) is 5.56 Å². The average Bonchev–Trinajstić information content (AvgIpc) is 2.04. The average molecular weight is 145 g/mol. The molecule has 0 aliphatic rings.